The molecule has 0 atom stereocenters. The first kappa shape index (κ1) is 14.8. The minimum Gasteiger partial charge on any atom is -0.493 e. The number of halogens is 2. The monoisotopic (exact) mass is 320 g/mol. The lowest BCUT2D eigenvalue weighted by atomic mass is 9.88. The summed E-state index contributed by atoms with van der Waals surface area (Å²) in [5, 5.41) is 10.6. The highest BCUT2D eigenvalue weighted by molar-refractivity contribution is 7.19. The molecule has 22 heavy (non-hydrogen) atoms. The average molecular weight is 320 g/mol. The number of aromatic nitrogens is 2. The van der Waals surface area contributed by atoms with Crippen LogP contribution in [0.25, 0.3) is 21.3 Å². The minimum absolute atomic E-state index is 0.156. The average Bonchev–Trinajstić information content (AvgIpc) is 2.83. The molecule has 0 amide bonds. The van der Waals surface area contributed by atoms with Crippen LogP contribution in [0.4, 0.5) is 8.78 Å². The highest BCUT2D eigenvalue weighted by atomic mass is 32.1. The molecular weight excluding hydrogens is 306 g/mol. The van der Waals surface area contributed by atoms with Crippen LogP contribution in [0.15, 0.2) is 24.5 Å². The van der Waals surface area contributed by atoms with Crippen LogP contribution in [0.2, 0.25) is 0 Å². The van der Waals surface area contributed by atoms with Gasteiger partial charge in [0.25, 0.3) is 0 Å². The highest BCUT2D eigenvalue weighted by Crippen LogP contribution is 2.46. The van der Waals surface area contributed by atoms with Crippen LogP contribution in [0.5, 0.6) is 5.88 Å². The fourth-order valence-corrected chi connectivity index (χ4v) is 3.59. The Morgan fingerprint density at radius 3 is 2.45 bits per heavy atom. The Labute approximate surface area is 130 Å². The van der Waals surface area contributed by atoms with Crippen molar-refractivity contribution < 1.29 is 13.9 Å². The molecule has 0 aliphatic carbocycles. The highest BCUT2D eigenvalue weighted by Gasteiger charge is 2.27. The molecule has 0 fully saturated rings. The Bertz CT molecular complexity index is 868. The molecule has 0 unspecified atom stereocenters. The maximum Gasteiger partial charge on any atom is 0.223 e. The van der Waals surface area contributed by atoms with Crippen LogP contribution in [0.3, 0.4) is 0 Å². The van der Waals surface area contributed by atoms with Gasteiger partial charge in [0.05, 0.1) is 5.39 Å². The van der Waals surface area contributed by atoms with E-state index in [0.29, 0.717) is 21.3 Å². The Hall–Kier alpha value is -2.08. The fraction of sp³-hybridized carbons (Fsp3) is 0.250. The summed E-state index contributed by atoms with van der Waals surface area (Å²) in [4.78, 5) is 9.55. The number of aromatic hydroxyl groups is 1. The maximum absolute atomic E-state index is 13.6. The zero-order chi connectivity index (χ0) is 16.1. The van der Waals surface area contributed by atoms with Crippen LogP contribution < -0.4 is 0 Å². The van der Waals surface area contributed by atoms with Gasteiger partial charge in [-0.2, -0.15) is 0 Å². The zero-order valence-electron chi connectivity index (χ0n) is 12.3. The van der Waals surface area contributed by atoms with Crippen molar-refractivity contribution >= 4 is 21.6 Å². The van der Waals surface area contributed by atoms with E-state index in [9.17, 15) is 13.9 Å². The minimum atomic E-state index is -0.923. The third kappa shape index (κ3) is 2.33. The van der Waals surface area contributed by atoms with Crippen LogP contribution in [-0.2, 0) is 5.41 Å². The summed E-state index contributed by atoms with van der Waals surface area (Å²) >= 11 is 1.42. The lowest BCUT2D eigenvalue weighted by molar-refractivity contribution is 0.459. The molecule has 2 heterocycles. The van der Waals surface area contributed by atoms with E-state index < -0.39 is 11.6 Å². The van der Waals surface area contributed by atoms with Crippen molar-refractivity contribution in [3.05, 3.63) is 41.0 Å². The second-order valence-corrected chi connectivity index (χ2v) is 7.06. The van der Waals surface area contributed by atoms with Crippen LogP contribution in [-0.4, -0.2) is 15.1 Å². The number of fused-ring (bicyclic) bond motifs is 1. The fourth-order valence-electron chi connectivity index (χ4n) is 2.37. The second-order valence-electron chi connectivity index (χ2n) is 6.06. The van der Waals surface area contributed by atoms with E-state index in [1.165, 1.54) is 23.7 Å². The number of benzene rings is 1. The number of hydrogen-bond acceptors (Lipinski definition) is 4. The number of thiophene rings is 1. The summed E-state index contributed by atoms with van der Waals surface area (Å²) < 4.78 is 26.9. The molecule has 6 heteroatoms. The summed E-state index contributed by atoms with van der Waals surface area (Å²) in [6, 6.07) is 3.72. The predicted molar refractivity (Wildman–Crippen MR) is 83.1 cm³/mol. The molecule has 3 nitrogen and oxygen atoms in total. The third-order valence-electron chi connectivity index (χ3n) is 3.36. The predicted octanol–water partition coefficient (Wildman–Crippen LogP) is 4.64. The van der Waals surface area contributed by atoms with E-state index in [-0.39, 0.29) is 11.3 Å². The molecule has 2 aromatic heterocycles. The molecule has 0 aliphatic heterocycles. The molecule has 3 rings (SSSR count). The summed E-state index contributed by atoms with van der Waals surface area (Å²) in [5.41, 5.74) is 0.919. The quantitative estimate of drug-likeness (QED) is 0.710. The lowest BCUT2D eigenvalue weighted by Crippen LogP contribution is -2.10. The molecule has 0 saturated heterocycles. The molecular formula is C16H14F2N2OS. The van der Waals surface area contributed by atoms with Gasteiger partial charge >= 0.3 is 0 Å². The van der Waals surface area contributed by atoms with Gasteiger partial charge in [0.1, 0.15) is 11.2 Å². The summed E-state index contributed by atoms with van der Waals surface area (Å²) in [6.45, 7) is 6.06. The van der Waals surface area contributed by atoms with Crippen LogP contribution >= 0.6 is 11.3 Å². The molecule has 0 aliphatic rings. The smallest absolute Gasteiger partial charge is 0.223 e. The lowest BCUT2D eigenvalue weighted by Gasteiger charge is -2.19. The number of nitrogens with zero attached hydrogens (tertiary/aromatic N) is 2. The van der Waals surface area contributed by atoms with E-state index in [4.69, 9.17) is 0 Å². The molecule has 0 radical (unpaired) electrons. The first-order valence-corrected chi connectivity index (χ1v) is 7.53. The topological polar surface area (TPSA) is 46.0 Å². The van der Waals surface area contributed by atoms with Crippen molar-refractivity contribution in [2.24, 2.45) is 0 Å². The molecule has 0 bridgehead atoms. The van der Waals surface area contributed by atoms with Crippen molar-refractivity contribution in [1.29, 1.82) is 0 Å². The van der Waals surface area contributed by atoms with Gasteiger partial charge < -0.3 is 5.11 Å². The van der Waals surface area contributed by atoms with E-state index >= 15 is 0 Å². The Morgan fingerprint density at radius 2 is 1.82 bits per heavy atom. The molecule has 0 spiro atoms. The Morgan fingerprint density at radius 1 is 1.09 bits per heavy atom. The number of hydrogen-bond donors (Lipinski definition) is 1. The van der Waals surface area contributed by atoms with Gasteiger partial charge in [0.15, 0.2) is 11.6 Å². The third-order valence-corrected chi connectivity index (χ3v) is 4.88. The van der Waals surface area contributed by atoms with E-state index in [1.54, 1.807) is 0 Å². The Kier molecular flexibility index (Phi) is 3.36. The first-order valence-electron chi connectivity index (χ1n) is 6.71. The van der Waals surface area contributed by atoms with E-state index in [0.717, 1.165) is 17.0 Å². The summed E-state index contributed by atoms with van der Waals surface area (Å²) in [6.07, 6.45) is 1.29. The largest absolute Gasteiger partial charge is 0.493 e. The second kappa shape index (κ2) is 4.98. The standard InChI is InChI=1S/C16H14F2N2OS/c1-16(2,3)13-11(8-4-5-9(17)10(18)6-8)12-14(21)19-7-20-15(12)22-13/h4-7H,1-3H3,(H,19,20,21). The van der Waals surface area contributed by atoms with Gasteiger partial charge in [-0.05, 0) is 23.1 Å². The summed E-state index contributed by atoms with van der Waals surface area (Å²) in [7, 11) is 0. The van der Waals surface area contributed by atoms with Gasteiger partial charge in [0.2, 0.25) is 5.88 Å². The molecule has 1 aromatic carbocycles. The van der Waals surface area contributed by atoms with Crippen molar-refractivity contribution in [2.75, 3.05) is 0 Å². The van der Waals surface area contributed by atoms with E-state index in [2.05, 4.69) is 9.97 Å². The molecule has 3 aromatic rings. The normalized spacial score (nSPS) is 12.0. The van der Waals surface area contributed by atoms with Gasteiger partial charge in [-0.15, -0.1) is 11.3 Å². The number of rotatable bonds is 1. The van der Waals surface area contributed by atoms with Crippen molar-refractivity contribution in [3.8, 4) is 17.0 Å². The van der Waals surface area contributed by atoms with Crippen molar-refractivity contribution in [2.45, 2.75) is 26.2 Å². The van der Waals surface area contributed by atoms with Crippen molar-refractivity contribution in [1.82, 2.24) is 9.97 Å². The SMILES string of the molecule is CC(C)(C)c1sc2ncnc(O)c2c1-c1ccc(F)c(F)c1. The van der Waals surface area contributed by atoms with Gasteiger partial charge in [0, 0.05) is 10.4 Å². The molecule has 1 N–H and O–H groups in total. The van der Waals surface area contributed by atoms with Gasteiger partial charge in [-0.1, -0.05) is 26.8 Å². The maximum atomic E-state index is 13.6. The van der Waals surface area contributed by atoms with Gasteiger partial charge in [-0.3, -0.25) is 0 Å². The Balaban J connectivity index is 2.42. The van der Waals surface area contributed by atoms with Crippen molar-refractivity contribution in [3.63, 3.8) is 0 Å². The summed E-state index contributed by atoms with van der Waals surface area (Å²) in [5.74, 6) is -1.98. The van der Waals surface area contributed by atoms with Crippen LogP contribution in [0, 0.1) is 11.6 Å². The zero-order valence-corrected chi connectivity index (χ0v) is 13.1. The molecule has 0 saturated carbocycles. The van der Waals surface area contributed by atoms with Gasteiger partial charge in [-0.25, -0.2) is 18.7 Å². The van der Waals surface area contributed by atoms with E-state index in [1.807, 2.05) is 20.8 Å². The first-order chi connectivity index (χ1) is 10.3. The molecule has 114 valence electrons. The van der Waals surface area contributed by atoms with Crippen LogP contribution in [0.1, 0.15) is 25.6 Å².